The Morgan fingerprint density at radius 2 is 1.89 bits per heavy atom. The summed E-state index contributed by atoms with van der Waals surface area (Å²) in [5.74, 6) is 0.260. The number of methoxy groups -OCH3 is 1. The van der Waals surface area contributed by atoms with Gasteiger partial charge in [0, 0.05) is 5.56 Å². The zero-order chi connectivity index (χ0) is 13.5. The van der Waals surface area contributed by atoms with Crippen LogP contribution in [0.25, 0.3) is 0 Å². The van der Waals surface area contributed by atoms with Gasteiger partial charge in [0.25, 0.3) is 5.91 Å². The average molecular weight is 248 g/mol. The Kier molecular flexibility index (Phi) is 2.77. The second-order valence-corrected chi connectivity index (χ2v) is 4.70. The number of carbonyl (C=O) groups excluding carboxylic acids is 2. The van der Waals surface area contributed by atoms with Gasteiger partial charge in [0.05, 0.1) is 7.11 Å². The van der Waals surface area contributed by atoms with Gasteiger partial charge in [0.1, 0.15) is 11.3 Å². The van der Waals surface area contributed by atoms with Crippen LogP contribution in [0.5, 0.6) is 5.75 Å². The van der Waals surface area contributed by atoms with Crippen LogP contribution in [0.3, 0.4) is 0 Å². The third-order valence-corrected chi connectivity index (χ3v) is 3.21. The van der Waals surface area contributed by atoms with Gasteiger partial charge in [0.15, 0.2) is 0 Å². The number of benzene rings is 1. The van der Waals surface area contributed by atoms with Crippen molar-refractivity contribution >= 4 is 11.9 Å². The van der Waals surface area contributed by atoms with Crippen LogP contribution in [-0.4, -0.2) is 19.0 Å². The van der Waals surface area contributed by atoms with E-state index in [1.54, 1.807) is 14.0 Å². The number of ether oxygens (including phenoxy) is 1. The standard InChI is InChI=1S/C13H16N2O3/c1-7-5-8(2)10(18-4)9(6-7)13(3)11(16)14-12(17)15-13/h5-6H,1-4H3,(H2,14,15,16,17). The minimum Gasteiger partial charge on any atom is -0.496 e. The summed E-state index contributed by atoms with van der Waals surface area (Å²) in [4.78, 5) is 23.3. The van der Waals surface area contributed by atoms with Gasteiger partial charge in [-0.25, -0.2) is 4.79 Å². The van der Waals surface area contributed by atoms with Crippen molar-refractivity contribution in [2.45, 2.75) is 26.3 Å². The van der Waals surface area contributed by atoms with Gasteiger partial charge in [-0.15, -0.1) is 0 Å². The number of hydrogen-bond acceptors (Lipinski definition) is 3. The number of carbonyl (C=O) groups is 2. The second-order valence-electron chi connectivity index (χ2n) is 4.70. The Morgan fingerprint density at radius 3 is 2.39 bits per heavy atom. The summed E-state index contributed by atoms with van der Waals surface area (Å²) in [7, 11) is 1.55. The van der Waals surface area contributed by atoms with Gasteiger partial charge in [-0.2, -0.15) is 0 Å². The van der Waals surface area contributed by atoms with E-state index in [4.69, 9.17) is 4.74 Å². The zero-order valence-electron chi connectivity index (χ0n) is 10.9. The van der Waals surface area contributed by atoms with Gasteiger partial charge < -0.3 is 10.1 Å². The summed E-state index contributed by atoms with van der Waals surface area (Å²) in [5, 5.41) is 4.90. The molecule has 0 aromatic heterocycles. The van der Waals surface area contributed by atoms with E-state index in [9.17, 15) is 9.59 Å². The summed E-state index contributed by atoms with van der Waals surface area (Å²) in [5.41, 5.74) is 1.53. The molecular weight excluding hydrogens is 232 g/mol. The fourth-order valence-electron chi connectivity index (χ4n) is 2.33. The molecule has 1 aromatic carbocycles. The lowest BCUT2D eigenvalue weighted by molar-refractivity contribution is -0.123. The summed E-state index contributed by atoms with van der Waals surface area (Å²) < 4.78 is 5.36. The molecule has 1 aliphatic rings. The molecule has 1 aliphatic heterocycles. The van der Waals surface area contributed by atoms with E-state index in [1.807, 2.05) is 26.0 Å². The molecule has 18 heavy (non-hydrogen) atoms. The molecule has 5 heteroatoms. The molecule has 1 aromatic rings. The molecule has 2 rings (SSSR count). The maximum Gasteiger partial charge on any atom is 0.322 e. The average Bonchev–Trinajstić information content (AvgIpc) is 2.52. The van der Waals surface area contributed by atoms with Crippen LogP contribution in [0.15, 0.2) is 12.1 Å². The molecule has 1 atom stereocenters. The van der Waals surface area contributed by atoms with Crippen molar-refractivity contribution in [3.63, 3.8) is 0 Å². The molecule has 96 valence electrons. The lowest BCUT2D eigenvalue weighted by Gasteiger charge is -2.25. The number of rotatable bonds is 2. The van der Waals surface area contributed by atoms with Crippen LogP contribution in [0.1, 0.15) is 23.6 Å². The molecule has 3 amide bonds. The van der Waals surface area contributed by atoms with Crippen LogP contribution >= 0.6 is 0 Å². The largest absolute Gasteiger partial charge is 0.496 e. The first-order valence-corrected chi connectivity index (χ1v) is 5.68. The Hall–Kier alpha value is -2.04. The zero-order valence-corrected chi connectivity index (χ0v) is 10.9. The molecule has 0 spiro atoms. The van der Waals surface area contributed by atoms with E-state index in [-0.39, 0.29) is 5.91 Å². The van der Waals surface area contributed by atoms with Crippen molar-refractivity contribution in [3.8, 4) is 5.75 Å². The lowest BCUT2D eigenvalue weighted by Crippen LogP contribution is -2.41. The van der Waals surface area contributed by atoms with Crippen molar-refractivity contribution in [3.05, 3.63) is 28.8 Å². The first-order valence-electron chi connectivity index (χ1n) is 5.68. The molecule has 0 radical (unpaired) electrons. The van der Waals surface area contributed by atoms with Crippen molar-refractivity contribution in [1.29, 1.82) is 0 Å². The quantitative estimate of drug-likeness (QED) is 0.777. The summed E-state index contributed by atoms with van der Waals surface area (Å²) in [6.45, 7) is 5.52. The minimum atomic E-state index is -1.08. The Balaban J connectivity index is 2.63. The van der Waals surface area contributed by atoms with E-state index in [2.05, 4.69) is 10.6 Å². The van der Waals surface area contributed by atoms with Crippen LogP contribution in [0.4, 0.5) is 4.79 Å². The van der Waals surface area contributed by atoms with Crippen LogP contribution in [-0.2, 0) is 10.3 Å². The van der Waals surface area contributed by atoms with E-state index >= 15 is 0 Å². The summed E-state index contributed by atoms with van der Waals surface area (Å²) in [6.07, 6.45) is 0. The second kappa shape index (κ2) is 4.01. The van der Waals surface area contributed by atoms with Crippen molar-refractivity contribution in [2.75, 3.05) is 7.11 Å². The molecule has 1 fully saturated rings. The first kappa shape index (κ1) is 12.4. The Morgan fingerprint density at radius 1 is 1.22 bits per heavy atom. The molecule has 0 bridgehead atoms. The fourth-order valence-corrected chi connectivity index (χ4v) is 2.33. The molecule has 0 aliphatic carbocycles. The topological polar surface area (TPSA) is 67.4 Å². The maximum atomic E-state index is 11.9. The SMILES string of the molecule is COc1c(C)cc(C)cc1C1(C)NC(=O)NC1=O. The monoisotopic (exact) mass is 248 g/mol. The van der Waals surface area contributed by atoms with Crippen molar-refractivity contribution in [2.24, 2.45) is 0 Å². The van der Waals surface area contributed by atoms with Gasteiger partial charge >= 0.3 is 6.03 Å². The van der Waals surface area contributed by atoms with E-state index < -0.39 is 11.6 Å². The lowest BCUT2D eigenvalue weighted by atomic mass is 9.88. The maximum absolute atomic E-state index is 11.9. The van der Waals surface area contributed by atoms with E-state index in [0.717, 1.165) is 11.1 Å². The first-order chi connectivity index (χ1) is 8.38. The van der Waals surface area contributed by atoms with Gasteiger partial charge in [-0.3, -0.25) is 10.1 Å². The minimum absolute atomic E-state index is 0.365. The smallest absolute Gasteiger partial charge is 0.322 e. The fraction of sp³-hybridized carbons (Fsp3) is 0.385. The van der Waals surface area contributed by atoms with Gasteiger partial charge in [-0.05, 0) is 32.4 Å². The van der Waals surface area contributed by atoms with E-state index in [0.29, 0.717) is 11.3 Å². The highest BCUT2D eigenvalue weighted by molar-refractivity contribution is 6.07. The van der Waals surface area contributed by atoms with Crippen molar-refractivity contribution in [1.82, 2.24) is 10.6 Å². The predicted molar refractivity (Wildman–Crippen MR) is 66.5 cm³/mol. The normalized spacial score (nSPS) is 22.7. The Bertz CT molecular complexity index is 539. The molecule has 1 saturated heterocycles. The van der Waals surface area contributed by atoms with Crippen LogP contribution < -0.4 is 15.4 Å². The highest BCUT2D eigenvalue weighted by Crippen LogP contribution is 2.35. The highest BCUT2D eigenvalue weighted by atomic mass is 16.5. The predicted octanol–water partition coefficient (Wildman–Crippen LogP) is 1.37. The van der Waals surface area contributed by atoms with Gasteiger partial charge in [0.2, 0.25) is 0 Å². The number of amides is 3. The third-order valence-electron chi connectivity index (χ3n) is 3.21. The number of urea groups is 1. The van der Waals surface area contributed by atoms with Gasteiger partial charge in [-0.1, -0.05) is 11.6 Å². The summed E-state index contributed by atoms with van der Waals surface area (Å²) in [6, 6.07) is 3.35. The number of hydrogen-bond donors (Lipinski definition) is 2. The van der Waals surface area contributed by atoms with Crippen molar-refractivity contribution < 1.29 is 14.3 Å². The van der Waals surface area contributed by atoms with Crippen LogP contribution in [0.2, 0.25) is 0 Å². The molecule has 1 heterocycles. The summed E-state index contributed by atoms with van der Waals surface area (Å²) >= 11 is 0. The third kappa shape index (κ3) is 1.72. The molecule has 2 N–H and O–H groups in total. The number of aryl methyl sites for hydroxylation is 2. The number of nitrogens with one attached hydrogen (secondary N) is 2. The number of imide groups is 1. The molecule has 5 nitrogen and oxygen atoms in total. The Labute approximate surface area is 106 Å². The van der Waals surface area contributed by atoms with Crippen LogP contribution in [0, 0.1) is 13.8 Å². The molecule has 1 unspecified atom stereocenters. The molecular formula is C13H16N2O3. The van der Waals surface area contributed by atoms with E-state index in [1.165, 1.54) is 0 Å². The molecule has 0 saturated carbocycles. The highest BCUT2D eigenvalue weighted by Gasteiger charge is 2.45.